The van der Waals surface area contributed by atoms with Crippen LogP contribution in [0, 0.1) is 0 Å². The average Bonchev–Trinajstić information content (AvgIpc) is 2.66. The van der Waals surface area contributed by atoms with Crippen molar-refractivity contribution in [2.24, 2.45) is 0 Å². The van der Waals surface area contributed by atoms with Gasteiger partial charge < -0.3 is 19.3 Å². The molecule has 5 nitrogen and oxygen atoms in total. The number of hydrogen-bond acceptors (Lipinski definition) is 4. The summed E-state index contributed by atoms with van der Waals surface area (Å²) in [6, 6.07) is 13.9. The van der Waals surface area contributed by atoms with Crippen LogP contribution in [0.2, 0.25) is 0 Å². The molecule has 0 saturated heterocycles. The molecular weight excluding hydrogens is 328 g/mol. The van der Waals surface area contributed by atoms with Crippen molar-refractivity contribution in [2.75, 3.05) is 33.9 Å². The van der Waals surface area contributed by atoms with Crippen LogP contribution in [-0.4, -0.2) is 49.6 Å². The van der Waals surface area contributed by atoms with E-state index >= 15 is 0 Å². The highest BCUT2D eigenvalue weighted by molar-refractivity contribution is 5.97. The fourth-order valence-electron chi connectivity index (χ4n) is 3.08. The van der Waals surface area contributed by atoms with Crippen LogP contribution in [0.3, 0.4) is 0 Å². The molecule has 138 valence electrons. The van der Waals surface area contributed by atoms with Crippen LogP contribution in [0.4, 0.5) is 0 Å². The van der Waals surface area contributed by atoms with E-state index in [2.05, 4.69) is 43.3 Å². The zero-order valence-electron chi connectivity index (χ0n) is 15.7. The van der Waals surface area contributed by atoms with Gasteiger partial charge in [0.05, 0.1) is 5.56 Å². The summed E-state index contributed by atoms with van der Waals surface area (Å²) in [4.78, 5) is 17.0. The SMILES string of the molecule is CCN(Cc1ccc(CN(C)C)cc1)C(=O)c1cccc2c1OCCO2. The van der Waals surface area contributed by atoms with Crippen molar-refractivity contribution in [1.82, 2.24) is 9.80 Å². The van der Waals surface area contributed by atoms with Crippen molar-refractivity contribution < 1.29 is 14.3 Å². The Kier molecular flexibility index (Phi) is 5.78. The van der Waals surface area contributed by atoms with Gasteiger partial charge in [0.1, 0.15) is 13.2 Å². The lowest BCUT2D eigenvalue weighted by atomic mass is 10.1. The van der Waals surface area contributed by atoms with E-state index in [-0.39, 0.29) is 5.91 Å². The molecule has 0 aromatic heterocycles. The Morgan fingerprint density at radius 1 is 0.962 bits per heavy atom. The summed E-state index contributed by atoms with van der Waals surface area (Å²) < 4.78 is 11.3. The number of carbonyl (C=O) groups excluding carboxylic acids is 1. The predicted molar refractivity (Wildman–Crippen MR) is 102 cm³/mol. The second kappa shape index (κ2) is 8.23. The quantitative estimate of drug-likeness (QED) is 0.799. The monoisotopic (exact) mass is 354 g/mol. The lowest BCUT2D eigenvalue weighted by Crippen LogP contribution is -2.31. The summed E-state index contributed by atoms with van der Waals surface area (Å²) in [7, 11) is 4.11. The molecule has 1 aliphatic heterocycles. The number of hydrogen-bond donors (Lipinski definition) is 0. The molecule has 0 unspecified atom stereocenters. The van der Waals surface area contributed by atoms with Gasteiger partial charge in [-0.2, -0.15) is 0 Å². The van der Waals surface area contributed by atoms with Gasteiger partial charge in [-0.3, -0.25) is 4.79 Å². The summed E-state index contributed by atoms with van der Waals surface area (Å²) in [6.45, 7) is 5.08. The molecule has 0 fully saturated rings. The number of nitrogens with zero attached hydrogens (tertiary/aromatic N) is 2. The van der Waals surface area contributed by atoms with Crippen molar-refractivity contribution in [2.45, 2.75) is 20.0 Å². The fraction of sp³-hybridized carbons (Fsp3) is 0.381. The minimum absolute atomic E-state index is 0.0350. The van der Waals surface area contributed by atoms with Crippen LogP contribution in [0.5, 0.6) is 11.5 Å². The molecule has 3 rings (SSSR count). The van der Waals surface area contributed by atoms with Crippen LogP contribution in [0.1, 0.15) is 28.4 Å². The van der Waals surface area contributed by atoms with Crippen molar-refractivity contribution in [3.05, 3.63) is 59.2 Å². The third-order valence-corrected chi connectivity index (χ3v) is 4.36. The molecule has 1 aliphatic rings. The first-order valence-corrected chi connectivity index (χ1v) is 8.99. The van der Waals surface area contributed by atoms with E-state index < -0.39 is 0 Å². The smallest absolute Gasteiger partial charge is 0.258 e. The summed E-state index contributed by atoms with van der Waals surface area (Å²) >= 11 is 0. The molecule has 0 spiro atoms. The normalized spacial score (nSPS) is 12.9. The summed E-state index contributed by atoms with van der Waals surface area (Å²) in [5.41, 5.74) is 2.94. The van der Waals surface area contributed by atoms with Gasteiger partial charge in [-0.15, -0.1) is 0 Å². The van der Waals surface area contributed by atoms with Gasteiger partial charge in [0.25, 0.3) is 5.91 Å². The second-order valence-electron chi connectivity index (χ2n) is 6.70. The summed E-state index contributed by atoms with van der Waals surface area (Å²) in [6.07, 6.45) is 0. The minimum Gasteiger partial charge on any atom is -0.486 e. The zero-order chi connectivity index (χ0) is 18.5. The average molecular weight is 354 g/mol. The first-order valence-electron chi connectivity index (χ1n) is 8.99. The molecule has 2 aromatic carbocycles. The van der Waals surface area contributed by atoms with E-state index in [0.29, 0.717) is 43.4 Å². The fourth-order valence-corrected chi connectivity index (χ4v) is 3.08. The van der Waals surface area contributed by atoms with Crippen LogP contribution < -0.4 is 9.47 Å². The Labute approximate surface area is 155 Å². The third kappa shape index (κ3) is 4.17. The lowest BCUT2D eigenvalue weighted by Gasteiger charge is -2.25. The van der Waals surface area contributed by atoms with Crippen LogP contribution in [-0.2, 0) is 13.1 Å². The summed E-state index contributed by atoms with van der Waals surface area (Å²) in [5, 5.41) is 0. The predicted octanol–water partition coefficient (Wildman–Crippen LogP) is 3.18. The Balaban J connectivity index is 1.76. The first kappa shape index (κ1) is 18.3. The van der Waals surface area contributed by atoms with Crippen molar-refractivity contribution in [1.29, 1.82) is 0 Å². The van der Waals surface area contributed by atoms with E-state index in [9.17, 15) is 4.79 Å². The Morgan fingerprint density at radius 2 is 1.62 bits per heavy atom. The molecule has 0 atom stereocenters. The third-order valence-electron chi connectivity index (χ3n) is 4.36. The number of ether oxygens (including phenoxy) is 2. The molecule has 1 amide bonds. The van der Waals surface area contributed by atoms with Crippen LogP contribution in [0.25, 0.3) is 0 Å². The first-order chi connectivity index (χ1) is 12.6. The molecule has 0 radical (unpaired) electrons. The Bertz CT molecular complexity index is 756. The molecule has 2 aromatic rings. The van der Waals surface area contributed by atoms with Gasteiger partial charge in [-0.1, -0.05) is 30.3 Å². The minimum atomic E-state index is -0.0350. The van der Waals surface area contributed by atoms with Crippen molar-refractivity contribution in [3.63, 3.8) is 0 Å². The number of rotatable bonds is 6. The zero-order valence-corrected chi connectivity index (χ0v) is 15.7. The number of benzene rings is 2. The molecule has 1 heterocycles. The maximum Gasteiger partial charge on any atom is 0.258 e. The standard InChI is InChI=1S/C21H26N2O3/c1-4-23(15-17-10-8-16(9-11-17)14-22(2)3)21(24)18-6-5-7-19-20(18)26-13-12-25-19/h5-11H,4,12-15H2,1-3H3. The van der Waals surface area contributed by atoms with E-state index in [0.717, 1.165) is 12.1 Å². The van der Waals surface area contributed by atoms with Gasteiger partial charge in [-0.05, 0) is 44.3 Å². The number of amides is 1. The largest absolute Gasteiger partial charge is 0.486 e. The summed E-state index contributed by atoms with van der Waals surface area (Å²) in [5.74, 6) is 1.17. The Morgan fingerprint density at radius 3 is 2.27 bits per heavy atom. The molecular formula is C21H26N2O3. The van der Waals surface area contributed by atoms with Crippen LogP contribution >= 0.6 is 0 Å². The van der Waals surface area contributed by atoms with E-state index in [1.54, 1.807) is 6.07 Å². The highest BCUT2D eigenvalue weighted by Crippen LogP contribution is 2.34. The maximum absolute atomic E-state index is 13.0. The molecule has 0 bridgehead atoms. The highest BCUT2D eigenvalue weighted by atomic mass is 16.6. The molecule has 5 heteroatoms. The van der Waals surface area contributed by atoms with E-state index in [4.69, 9.17) is 9.47 Å². The molecule has 0 aliphatic carbocycles. The van der Waals surface area contributed by atoms with Gasteiger partial charge in [0.2, 0.25) is 0 Å². The van der Waals surface area contributed by atoms with Crippen LogP contribution in [0.15, 0.2) is 42.5 Å². The Hall–Kier alpha value is -2.53. The maximum atomic E-state index is 13.0. The lowest BCUT2D eigenvalue weighted by molar-refractivity contribution is 0.0742. The second-order valence-corrected chi connectivity index (χ2v) is 6.70. The molecule has 26 heavy (non-hydrogen) atoms. The van der Waals surface area contributed by atoms with Crippen molar-refractivity contribution in [3.8, 4) is 11.5 Å². The highest BCUT2D eigenvalue weighted by Gasteiger charge is 2.23. The topological polar surface area (TPSA) is 42.0 Å². The number of carbonyl (C=O) groups is 1. The molecule has 0 N–H and O–H groups in total. The number of para-hydroxylation sites is 1. The van der Waals surface area contributed by atoms with E-state index in [1.807, 2.05) is 24.0 Å². The van der Waals surface area contributed by atoms with Gasteiger partial charge in [-0.25, -0.2) is 0 Å². The van der Waals surface area contributed by atoms with Crippen molar-refractivity contribution >= 4 is 5.91 Å². The van der Waals surface area contributed by atoms with E-state index in [1.165, 1.54) is 5.56 Å². The van der Waals surface area contributed by atoms with Gasteiger partial charge in [0.15, 0.2) is 11.5 Å². The number of fused-ring (bicyclic) bond motifs is 1. The van der Waals surface area contributed by atoms with Gasteiger partial charge >= 0.3 is 0 Å². The molecule has 0 saturated carbocycles. The van der Waals surface area contributed by atoms with Gasteiger partial charge in [0, 0.05) is 19.6 Å².